The van der Waals surface area contributed by atoms with Crippen LogP contribution < -0.4 is 0 Å². The van der Waals surface area contributed by atoms with Crippen LogP contribution in [0.5, 0.6) is 0 Å². The minimum absolute atomic E-state index is 0.0619. The van der Waals surface area contributed by atoms with Crippen molar-refractivity contribution in [2.24, 2.45) is 5.11 Å². The molecule has 90 valence electrons. The highest BCUT2D eigenvalue weighted by atomic mass is 32.1. The Morgan fingerprint density at radius 2 is 2.41 bits per heavy atom. The molecule has 0 bridgehead atoms. The molecule has 2 unspecified atom stereocenters. The molecule has 0 fully saturated rings. The molecule has 7 heteroatoms. The minimum atomic E-state index is -0.926. The van der Waals surface area contributed by atoms with Gasteiger partial charge in [-0.15, -0.1) is 0 Å². The molecule has 0 aliphatic heterocycles. The molecule has 1 N–H and O–H groups in total. The van der Waals surface area contributed by atoms with E-state index in [1.54, 1.807) is 24.4 Å². The number of pyridine rings is 1. The zero-order chi connectivity index (χ0) is 12.7. The number of carbonyl (C=O) groups is 1. The molecule has 0 amide bonds. The molecule has 1 heterocycles. The lowest BCUT2D eigenvalue weighted by Gasteiger charge is -2.17. The second kappa shape index (κ2) is 6.78. The van der Waals surface area contributed by atoms with Gasteiger partial charge in [0, 0.05) is 17.5 Å². The number of hydrogen-bond acceptors (Lipinski definition) is 4. The smallest absolute Gasteiger partial charge is 0.303 e. The number of rotatable bonds is 6. The largest absolute Gasteiger partial charge is 0.481 e. The first kappa shape index (κ1) is 13.3. The number of nitrogens with zero attached hydrogens (tertiary/aromatic N) is 4. The van der Waals surface area contributed by atoms with Crippen molar-refractivity contribution < 1.29 is 9.90 Å². The topological polar surface area (TPSA) is 99.0 Å². The molecule has 6 nitrogen and oxygen atoms in total. The van der Waals surface area contributed by atoms with Gasteiger partial charge in [0.05, 0.1) is 17.0 Å². The van der Waals surface area contributed by atoms with Crippen molar-refractivity contribution in [3.05, 3.63) is 40.5 Å². The van der Waals surface area contributed by atoms with Gasteiger partial charge in [0.1, 0.15) is 0 Å². The number of aliphatic carboxylic acids is 1. The molecule has 1 aromatic rings. The fraction of sp³-hybridized carbons (Fsp3) is 0.400. The quantitative estimate of drug-likeness (QED) is 0.352. The Labute approximate surface area is 104 Å². The van der Waals surface area contributed by atoms with Gasteiger partial charge in [-0.25, -0.2) is 0 Å². The zero-order valence-corrected chi connectivity index (χ0v) is 9.86. The number of carboxylic acid groups (broad SMARTS) is 1. The third-order valence-electron chi connectivity index (χ3n) is 2.21. The van der Waals surface area contributed by atoms with Gasteiger partial charge >= 0.3 is 5.97 Å². The van der Waals surface area contributed by atoms with Crippen molar-refractivity contribution >= 4 is 18.6 Å². The van der Waals surface area contributed by atoms with Gasteiger partial charge in [0.25, 0.3) is 0 Å². The summed E-state index contributed by atoms with van der Waals surface area (Å²) >= 11 is 4.33. The van der Waals surface area contributed by atoms with Crippen molar-refractivity contribution in [3.63, 3.8) is 0 Å². The van der Waals surface area contributed by atoms with Gasteiger partial charge in [-0.3, -0.25) is 9.78 Å². The summed E-state index contributed by atoms with van der Waals surface area (Å²) < 4.78 is 0. The van der Waals surface area contributed by atoms with Crippen LogP contribution in [0, 0.1) is 0 Å². The summed E-state index contributed by atoms with van der Waals surface area (Å²) in [5.41, 5.74) is 9.12. The molecule has 2 atom stereocenters. The summed E-state index contributed by atoms with van der Waals surface area (Å²) in [5.74, 6) is -0.926. The predicted octanol–water partition coefficient (Wildman–Crippen LogP) is 2.60. The molecule has 0 saturated heterocycles. The molecule has 1 aromatic heterocycles. The minimum Gasteiger partial charge on any atom is -0.481 e. The third kappa shape index (κ3) is 4.34. The van der Waals surface area contributed by atoms with Gasteiger partial charge in [0.2, 0.25) is 0 Å². The van der Waals surface area contributed by atoms with E-state index in [2.05, 4.69) is 27.6 Å². The van der Waals surface area contributed by atoms with Crippen LogP contribution >= 0.6 is 12.6 Å². The van der Waals surface area contributed by atoms with Crippen LogP contribution in [0.3, 0.4) is 0 Å². The van der Waals surface area contributed by atoms with E-state index >= 15 is 0 Å². The van der Waals surface area contributed by atoms with Crippen LogP contribution in [0.1, 0.15) is 23.8 Å². The molecular formula is C10H12N4O2S. The molecule has 1 rings (SSSR count). The number of hydrogen-bond donors (Lipinski definition) is 2. The van der Waals surface area contributed by atoms with E-state index in [1.807, 2.05) is 0 Å². The summed E-state index contributed by atoms with van der Waals surface area (Å²) in [7, 11) is 0. The highest BCUT2D eigenvalue weighted by molar-refractivity contribution is 7.80. The number of thiol groups is 1. The van der Waals surface area contributed by atoms with E-state index in [4.69, 9.17) is 10.6 Å². The Morgan fingerprint density at radius 3 is 2.94 bits per heavy atom. The molecular weight excluding hydrogens is 240 g/mol. The Kier molecular flexibility index (Phi) is 5.32. The Morgan fingerprint density at radius 1 is 1.65 bits per heavy atom. The van der Waals surface area contributed by atoms with Crippen LogP contribution in [0.2, 0.25) is 0 Å². The fourth-order valence-corrected chi connectivity index (χ4v) is 1.73. The normalized spacial score (nSPS) is 13.5. The van der Waals surface area contributed by atoms with Gasteiger partial charge in [-0.2, -0.15) is 12.6 Å². The van der Waals surface area contributed by atoms with Crippen molar-refractivity contribution in [1.29, 1.82) is 0 Å². The summed E-state index contributed by atoms with van der Waals surface area (Å²) in [5, 5.41) is 11.8. The maximum absolute atomic E-state index is 10.5. The van der Waals surface area contributed by atoms with Crippen LogP contribution in [-0.4, -0.2) is 22.1 Å². The molecule has 0 aliphatic carbocycles. The fourth-order valence-electron chi connectivity index (χ4n) is 1.36. The van der Waals surface area contributed by atoms with Crippen LogP contribution in [0.25, 0.3) is 10.4 Å². The first-order valence-corrected chi connectivity index (χ1v) is 5.51. The van der Waals surface area contributed by atoms with Gasteiger partial charge in [-0.1, -0.05) is 11.2 Å². The molecule has 0 aromatic carbocycles. The molecule has 0 aliphatic rings. The molecule has 0 saturated carbocycles. The SMILES string of the molecule is [N-]=[N+]=NC(CCC(=O)O)C(S)c1ccccn1. The predicted molar refractivity (Wildman–Crippen MR) is 65.8 cm³/mol. The van der Waals surface area contributed by atoms with E-state index in [0.717, 1.165) is 0 Å². The van der Waals surface area contributed by atoms with E-state index in [-0.39, 0.29) is 12.8 Å². The van der Waals surface area contributed by atoms with Crippen molar-refractivity contribution in [2.75, 3.05) is 0 Å². The lowest BCUT2D eigenvalue weighted by molar-refractivity contribution is -0.137. The lowest BCUT2D eigenvalue weighted by Crippen LogP contribution is -2.14. The Bertz CT molecular complexity index is 420. The average Bonchev–Trinajstić information content (AvgIpc) is 2.34. The first-order chi connectivity index (χ1) is 8.15. The summed E-state index contributed by atoms with van der Waals surface area (Å²) in [6.45, 7) is 0. The van der Waals surface area contributed by atoms with E-state index < -0.39 is 17.3 Å². The molecule has 0 spiro atoms. The summed E-state index contributed by atoms with van der Waals surface area (Å²) in [6, 6.07) is 4.81. The second-order valence-corrected chi connectivity index (χ2v) is 3.96. The third-order valence-corrected chi connectivity index (χ3v) is 2.82. The van der Waals surface area contributed by atoms with E-state index in [1.165, 1.54) is 0 Å². The number of azide groups is 1. The van der Waals surface area contributed by atoms with Gasteiger partial charge < -0.3 is 5.11 Å². The van der Waals surface area contributed by atoms with E-state index in [9.17, 15) is 4.79 Å². The summed E-state index contributed by atoms with van der Waals surface area (Å²) in [4.78, 5) is 17.3. The van der Waals surface area contributed by atoms with Crippen LogP contribution in [-0.2, 0) is 4.79 Å². The number of aromatic nitrogens is 1. The highest BCUT2D eigenvalue weighted by Gasteiger charge is 2.20. The summed E-state index contributed by atoms with van der Waals surface area (Å²) in [6.07, 6.45) is 1.79. The van der Waals surface area contributed by atoms with Crippen molar-refractivity contribution in [3.8, 4) is 0 Å². The van der Waals surface area contributed by atoms with Crippen molar-refractivity contribution in [1.82, 2.24) is 4.98 Å². The zero-order valence-electron chi connectivity index (χ0n) is 8.97. The van der Waals surface area contributed by atoms with Gasteiger partial charge in [0.15, 0.2) is 0 Å². The number of carboxylic acids is 1. The molecule has 17 heavy (non-hydrogen) atoms. The Balaban J connectivity index is 2.76. The molecule has 0 radical (unpaired) electrons. The lowest BCUT2D eigenvalue weighted by atomic mass is 10.1. The van der Waals surface area contributed by atoms with Crippen LogP contribution in [0.4, 0.5) is 0 Å². The highest BCUT2D eigenvalue weighted by Crippen LogP contribution is 2.27. The Hall–Kier alpha value is -1.72. The average molecular weight is 252 g/mol. The van der Waals surface area contributed by atoms with Crippen molar-refractivity contribution in [2.45, 2.75) is 24.1 Å². The standard InChI is InChI=1S/C10H12N4O2S/c11-14-13-8(4-5-9(15)16)10(17)7-3-1-2-6-12-7/h1-3,6,8,10,17H,4-5H2,(H,15,16). The maximum Gasteiger partial charge on any atom is 0.303 e. The maximum atomic E-state index is 10.5. The second-order valence-electron chi connectivity index (χ2n) is 3.40. The first-order valence-electron chi connectivity index (χ1n) is 5.00. The monoisotopic (exact) mass is 252 g/mol. The van der Waals surface area contributed by atoms with Crippen LogP contribution in [0.15, 0.2) is 29.5 Å². The van der Waals surface area contributed by atoms with Gasteiger partial charge in [-0.05, 0) is 24.1 Å². The van der Waals surface area contributed by atoms with E-state index in [0.29, 0.717) is 5.69 Å².